The first kappa shape index (κ1) is 30.4. The third-order valence-corrected chi connectivity index (χ3v) is 9.86. The van der Waals surface area contributed by atoms with E-state index >= 15 is 0 Å². The van der Waals surface area contributed by atoms with Crippen molar-refractivity contribution in [3.8, 4) is 44.5 Å². The zero-order valence-electron chi connectivity index (χ0n) is 28.2. The van der Waals surface area contributed by atoms with Crippen molar-refractivity contribution in [2.75, 3.05) is 4.90 Å². The van der Waals surface area contributed by atoms with Crippen molar-refractivity contribution in [3.05, 3.63) is 212 Å². The van der Waals surface area contributed by atoms with Crippen LogP contribution in [0.25, 0.3) is 66.1 Å². The molecular weight excluding hydrogens is 615 g/mol. The summed E-state index contributed by atoms with van der Waals surface area (Å²) < 4.78 is 0. The van der Waals surface area contributed by atoms with Gasteiger partial charge in [0.25, 0.3) is 0 Å². The molecule has 0 fully saturated rings. The highest BCUT2D eigenvalue weighted by Gasteiger charge is 2.20. The molecule has 0 aliphatic heterocycles. The summed E-state index contributed by atoms with van der Waals surface area (Å²) in [6, 6.07) is 76.5. The number of rotatable bonds is 7. The predicted octanol–water partition coefficient (Wildman–Crippen LogP) is 14.1. The maximum Gasteiger partial charge on any atom is 0.0468 e. The van der Waals surface area contributed by atoms with E-state index < -0.39 is 0 Å². The average molecular weight is 650 g/mol. The minimum absolute atomic E-state index is 1.11. The fourth-order valence-electron chi connectivity index (χ4n) is 7.44. The molecule has 0 saturated heterocycles. The van der Waals surface area contributed by atoms with Gasteiger partial charge in [-0.05, 0) is 102 Å². The van der Waals surface area contributed by atoms with Crippen molar-refractivity contribution in [1.29, 1.82) is 0 Å². The molecule has 0 bridgehead atoms. The molecule has 0 unspecified atom stereocenters. The molecule has 0 radical (unpaired) electrons. The van der Waals surface area contributed by atoms with E-state index in [9.17, 15) is 0 Å². The van der Waals surface area contributed by atoms with Crippen LogP contribution in [0.1, 0.15) is 0 Å². The molecule has 0 spiro atoms. The lowest BCUT2D eigenvalue weighted by atomic mass is 9.85. The van der Waals surface area contributed by atoms with Crippen LogP contribution in [0.15, 0.2) is 212 Å². The Bertz CT molecular complexity index is 2580. The van der Waals surface area contributed by atoms with E-state index in [1.54, 1.807) is 0 Å². The van der Waals surface area contributed by atoms with Gasteiger partial charge in [-0.15, -0.1) is 0 Å². The van der Waals surface area contributed by atoms with Gasteiger partial charge in [0, 0.05) is 17.1 Å². The van der Waals surface area contributed by atoms with Crippen molar-refractivity contribution >= 4 is 38.6 Å². The average Bonchev–Trinajstić information content (AvgIpc) is 3.22. The summed E-state index contributed by atoms with van der Waals surface area (Å²) in [5.74, 6) is 0. The second kappa shape index (κ2) is 13.3. The van der Waals surface area contributed by atoms with Crippen LogP contribution in [0.3, 0.4) is 0 Å². The molecule has 0 atom stereocenters. The lowest BCUT2D eigenvalue weighted by Gasteiger charge is -2.27. The van der Waals surface area contributed by atoms with Crippen molar-refractivity contribution in [2.24, 2.45) is 0 Å². The molecule has 0 heterocycles. The van der Waals surface area contributed by atoms with Gasteiger partial charge in [0.2, 0.25) is 0 Å². The van der Waals surface area contributed by atoms with E-state index in [-0.39, 0.29) is 0 Å². The molecule has 0 aromatic heterocycles. The summed E-state index contributed by atoms with van der Waals surface area (Å²) in [6.45, 7) is 0. The summed E-state index contributed by atoms with van der Waals surface area (Å²) in [4.78, 5) is 2.36. The zero-order chi connectivity index (χ0) is 34.0. The Morgan fingerprint density at radius 3 is 1.10 bits per heavy atom. The number of para-hydroxylation sites is 1. The first-order chi connectivity index (χ1) is 25.3. The molecule has 1 heteroatoms. The Morgan fingerprint density at radius 1 is 0.216 bits per heavy atom. The molecular formula is C50H35N. The van der Waals surface area contributed by atoms with Crippen LogP contribution in [0, 0.1) is 0 Å². The molecule has 0 amide bonds. The second-order valence-corrected chi connectivity index (χ2v) is 12.9. The molecule has 240 valence electrons. The summed E-state index contributed by atoms with van der Waals surface area (Å²) in [6.07, 6.45) is 0. The molecule has 1 nitrogen and oxygen atoms in total. The second-order valence-electron chi connectivity index (χ2n) is 12.9. The fourth-order valence-corrected chi connectivity index (χ4v) is 7.44. The molecule has 0 N–H and O–H groups in total. The quantitative estimate of drug-likeness (QED) is 0.155. The van der Waals surface area contributed by atoms with E-state index in [0.29, 0.717) is 0 Å². The molecule has 0 aliphatic rings. The lowest BCUT2D eigenvalue weighted by Crippen LogP contribution is -2.09. The maximum absolute atomic E-state index is 2.38. The highest BCUT2D eigenvalue weighted by molar-refractivity contribution is 6.22. The zero-order valence-corrected chi connectivity index (χ0v) is 28.2. The maximum atomic E-state index is 2.38. The van der Waals surface area contributed by atoms with Crippen LogP contribution in [-0.4, -0.2) is 0 Å². The van der Waals surface area contributed by atoms with E-state index in [0.717, 1.165) is 17.1 Å². The Hall–Kier alpha value is -6.70. The van der Waals surface area contributed by atoms with Crippen molar-refractivity contribution in [2.45, 2.75) is 0 Å². The molecule has 51 heavy (non-hydrogen) atoms. The van der Waals surface area contributed by atoms with Gasteiger partial charge in [0.1, 0.15) is 0 Å². The van der Waals surface area contributed by atoms with E-state index in [2.05, 4.69) is 217 Å². The van der Waals surface area contributed by atoms with E-state index in [4.69, 9.17) is 0 Å². The topological polar surface area (TPSA) is 3.24 Å². The summed E-state index contributed by atoms with van der Waals surface area (Å²) in [5.41, 5.74) is 13.2. The third-order valence-electron chi connectivity index (χ3n) is 9.86. The van der Waals surface area contributed by atoms with E-state index in [1.165, 1.54) is 66.1 Å². The van der Waals surface area contributed by atoms with Crippen LogP contribution < -0.4 is 4.90 Å². The summed E-state index contributed by atoms with van der Waals surface area (Å²) in [5, 5.41) is 4.97. The van der Waals surface area contributed by atoms with E-state index in [1.807, 2.05) is 0 Å². The van der Waals surface area contributed by atoms with Gasteiger partial charge >= 0.3 is 0 Å². The summed E-state index contributed by atoms with van der Waals surface area (Å²) in [7, 11) is 0. The number of nitrogens with zero attached hydrogens (tertiary/aromatic N) is 1. The number of hydrogen-bond donors (Lipinski definition) is 0. The van der Waals surface area contributed by atoms with Crippen LogP contribution in [-0.2, 0) is 0 Å². The number of fused-ring (bicyclic) bond motifs is 3. The van der Waals surface area contributed by atoms with Crippen molar-refractivity contribution < 1.29 is 0 Å². The van der Waals surface area contributed by atoms with Gasteiger partial charge in [-0.1, -0.05) is 176 Å². The standard InChI is InChI=1S/C50H35N/c1-5-15-36(16-6-1)37-25-27-38(28-26-37)39-29-31-43(32-30-39)51(42-21-11-4-12-22-42)44-33-34-47-48(35-44)45-23-13-14-24-46(45)49(40-17-7-2-8-18-40)50(47)41-19-9-3-10-20-41/h1-35H. The monoisotopic (exact) mass is 649 g/mol. The van der Waals surface area contributed by atoms with Crippen LogP contribution in [0.4, 0.5) is 17.1 Å². The Balaban J connectivity index is 1.19. The largest absolute Gasteiger partial charge is 0.310 e. The molecule has 9 aromatic rings. The minimum Gasteiger partial charge on any atom is -0.310 e. The summed E-state index contributed by atoms with van der Waals surface area (Å²) >= 11 is 0. The van der Waals surface area contributed by atoms with Gasteiger partial charge in [-0.25, -0.2) is 0 Å². The van der Waals surface area contributed by atoms with Gasteiger partial charge in [0.05, 0.1) is 0 Å². The normalized spacial score (nSPS) is 11.1. The van der Waals surface area contributed by atoms with Crippen LogP contribution in [0.2, 0.25) is 0 Å². The Kier molecular flexibility index (Phi) is 7.92. The van der Waals surface area contributed by atoms with Crippen molar-refractivity contribution in [1.82, 2.24) is 0 Å². The first-order valence-electron chi connectivity index (χ1n) is 17.5. The smallest absolute Gasteiger partial charge is 0.0468 e. The van der Waals surface area contributed by atoms with Gasteiger partial charge < -0.3 is 4.90 Å². The lowest BCUT2D eigenvalue weighted by molar-refractivity contribution is 1.29. The SMILES string of the molecule is c1ccc(-c2ccc(-c3ccc(N(c4ccccc4)c4ccc5c(-c6ccccc6)c(-c6ccccc6)c6ccccc6c5c4)cc3)cc2)cc1. The number of hydrogen-bond acceptors (Lipinski definition) is 1. The fraction of sp³-hybridized carbons (Fsp3) is 0. The van der Waals surface area contributed by atoms with Gasteiger partial charge in [0.15, 0.2) is 0 Å². The predicted molar refractivity (Wildman–Crippen MR) is 218 cm³/mol. The van der Waals surface area contributed by atoms with Gasteiger partial charge in [-0.3, -0.25) is 0 Å². The first-order valence-corrected chi connectivity index (χ1v) is 17.5. The molecule has 9 aromatic carbocycles. The van der Waals surface area contributed by atoms with Crippen molar-refractivity contribution in [3.63, 3.8) is 0 Å². The third kappa shape index (κ3) is 5.75. The number of anilines is 3. The molecule has 0 saturated carbocycles. The highest BCUT2D eigenvalue weighted by Crippen LogP contribution is 2.46. The van der Waals surface area contributed by atoms with Gasteiger partial charge in [-0.2, -0.15) is 0 Å². The Labute approximate surface area is 299 Å². The minimum atomic E-state index is 1.11. The Morgan fingerprint density at radius 2 is 0.569 bits per heavy atom. The number of benzene rings is 9. The molecule has 0 aliphatic carbocycles. The highest BCUT2D eigenvalue weighted by atomic mass is 15.1. The van der Waals surface area contributed by atoms with Crippen LogP contribution >= 0.6 is 0 Å². The van der Waals surface area contributed by atoms with Crippen LogP contribution in [0.5, 0.6) is 0 Å². The molecule has 9 rings (SSSR count).